The second kappa shape index (κ2) is 5.56. The highest BCUT2D eigenvalue weighted by atomic mass is 19.2. The fraction of sp³-hybridized carbons (Fsp3) is 0.0714. The minimum absolute atomic E-state index is 0.329. The molecule has 0 aliphatic carbocycles. The fourth-order valence-electron chi connectivity index (χ4n) is 1.47. The summed E-state index contributed by atoms with van der Waals surface area (Å²) in [7, 11) is 0. The van der Waals surface area contributed by atoms with Gasteiger partial charge >= 0.3 is 0 Å². The number of hydrogen-bond acceptors (Lipinski definition) is 2. The Labute approximate surface area is 108 Å². The summed E-state index contributed by atoms with van der Waals surface area (Å²) in [5.74, 6) is -2.19. The van der Waals surface area contributed by atoms with E-state index in [0.717, 1.165) is 17.7 Å². The van der Waals surface area contributed by atoms with E-state index in [9.17, 15) is 13.2 Å². The van der Waals surface area contributed by atoms with Crippen LogP contribution in [0.5, 0.6) is 0 Å². The van der Waals surface area contributed by atoms with Gasteiger partial charge in [-0.05, 0) is 36.8 Å². The molecular weight excluding hydrogens is 253 g/mol. The second-order valence-electron chi connectivity index (χ2n) is 3.94. The van der Waals surface area contributed by atoms with Crippen molar-refractivity contribution in [1.29, 1.82) is 0 Å². The van der Waals surface area contributed by atoms with Crippen molar-refractivity contribution in [3.05, 3.63) is 65.5 Å². The smallest absolute Gasteiger partial charge is 0.160 e. The van der Waals surface area contributed by atoms with Gasteiger partial charge in [0.05, 0.1) is 11.4 Å². The normalized spacial score (nSPS) is 11.5. The Morgan fingerprint density at radius 2 is 1.63 bits per heavy atom. The summed E-state index contributed by atoms with van der Waals surface area (Å²) in [6, 6.07) is 9.22. The number of hydrogen-bond donors (Lipinski definition) is 1. The van der Waals surface area contributed by atoms with Crippen molar-refractivity contribution in [1.82, 2.24) is 0 Å². The van der Waals surface area contributed by atoms with Gasteiger partial charge in [-0.15, -0.1) is 0 Å². The maximum Gasteiger partial charge on any atom is 0.160 e. The molecule has 0 radical (unpaired) electrons. The largest absolute Gasteiger partial charge is 0.278 e. The van der Waals surface area contributed by atoms with Crippen molar-refractivity contribution in [2.45, 2.75) is 6.92 Å². The van der Waals surface area contributed by atoms with E-state index in [1.165, 1.54) is 18.2 Å². The van der Waals surface area contributed by atoms with E-state index < -0.39 is 11.6 Å². The Balaban J connectivity index is 2.13. The maximum atomic E-state index is 13.0. The molecule has 0 fully saturated rings. The molecule has 2 nitrogen and oxygen atoms in total. The summed E-state index contributed by atoms with van der Waals surface area (Å²) in [5.41, 5.74) is 4.28. The molecular formula is C14H11F3N2. The second-order valence-corrected chi connectivity index (χ2v) is 3.94. The lowest BCUT2D eigenvalue weighted by Gasteiger charge is -2.04. The molecule has 0 spiro atoms. The lowest BCUT2D eigenvalue weighted by atomic mass is 10.1. The van der Waals surface area contributed by atoms with Crippen LogP contribution in [0.25, 0.3) is 0 Å². The van der Waals surface area contributed by atoms with Crippen LogP contribution < -0.4 is 5.43 Å². The third-order valence-corrected chi connectivity index (χ3v) is 2.53. The average molecular weight is 264 g/mol. The number of rotatable bonds is 3. The predicted molar refractivity (Wildman–Crippen MR) is 68.6 cm³/mol. The van der Waals surface area contributed by atoms with E-state index in [1.54, 1.807) is 19.1 Å². The van der Waals surface area contributed by atoms with Crippen LogP contribution in [-0.4, -0.2) is 5.71 Å². The molecule has 2 aromatic rings. The molecule has 2 aromatic carbocycles. The van der Waals surface area contributed by atoms with Crippen LogP contribution in [0.15, 0.2) is 47.6 Å². The van der Waals surface area contributed by atoms with Gasteiger partial charge in [-0.25, -0.2) is 13.2 Å². The van der Waals surface area contributed by atoms with Crippen molar-refractivity contribution in [2.75, 3.05) is 5.43 Å². The van der Waals surface area contributed by atoms with Crippen molar-refractivity contribution < 1.29 is 13.2 Å². The van der Waals surface area contributed by atoms with Gasteiger partial charge < -0.3 is 0 Å². The third kappa shape index (κ3) is 3.34. The van der Waals surface area contributed by atoms with Gasteiger partial charge in [0.2, 0.25) is 0 Å². The van der Waals surface area contributed by atoms with Crippen LogP contribution in [0.4, 0.5) is 18.9 Å². The summed E-state index contributed by atoms with van der Waals surface area (Å²) < 4.78 is 38.4. The van der Waals surface area contributed by atoms with Crippen molar-refractivity contribution >= 4 is 11.4 Å². The molecule has 0 aliphatic heterocycles. The number of hydrazone groups is 1. The number of anilines is 1. The molecule has 1 N–H and O–H groups in total. The molecule has 0 unspecified atom stereocenters. The standard InChI is InChI=1S/C14H11F3N2/c1-9(10-2-4-11(15)5-3-10)18-19-12-6-7-13(16)14(17)8-12/h2-8,19H,1H3. The minimum Gasteiger partial charge on any atom is -0.278 e. The van der Waals surface area contributed by atoms with E-state index in [-0.39, 0.29) is 5.82 Å². The first-order valence-electron chi connectivity index (χ1n) is 5.57. The maximum absolute atomic E-state index is 13.0. The first-order valence-corrected chi connectivity index (χ1v) is 5.57. The lowest BCUT2D eigenvalue weighted by Crippen LogP contribution is -2.00. The summed E-state index contributed by atoms with van der Waals surface area (Å²) in [6.07, 6.45) is 0. The van der Waals surface area contributed by atoms with Crippen molar-refractivity contribution in [3.8, 4) is 0 Å². The SMILES string of the molecule is CC(=NNc1ccc(F)c(F)c1)c1ccc(F)cc1. The Morgan fingerprint density at radius 1 is 0.947 bits per heavy atom. The molecule has 0 atom stereocenters. The van der Waals surface area contributed by atoms with Crippen LogP contribution in [0.1, 0.15) is 12.5 Å². The van der Waals surface area contributed by atoms with E-state index in [2.05, 4.69) is 10.5 Å². The van der Waals surface area contributed by atoms with Gasteiger partial charge in [-0.2, -0.15) is 5.10 Å². The highest BCUT2D eigenvalue weighted by Crippen LogP contribution is 2.13. The number of benzene rings is 2. The zero-order chi connectivity index (χ0) is 13.8. The fourth-order valence-corrected chi connectivity index (χ4v) is 1.47. The molecule has 0 bridgehead atoms. The lowest BCUT2D eigenvalue weighted by molar-refractivity contribution is 0.509. The summed E-state index contributed by atoms with van der Waals surface area (Å²) >= 11 is 0. The van der Waals surface area contributed by atoms with E-state index in [1.807, 2.05) is 0 Å². The molecule has 19 heavy (non-hydrogen) atoms. The zero-order valence-electron chi connectivity index (χ0n) is 10.1. The molecule has 98 valence electrons. The molecule has 0 saturated heterocycles. The topological polar surface area (TPSA) is 24.4 Å². The van der Waals surface area contributed by atoms with Crippen LogP contribution in [0.2, 0.25) is 0 Å². The van der Waals surface area contributed by atoms with Crippen LogP contribution in [0.3, 0.4) is 0 Å². The van der Waals surface area contributed by atoms with Gasteiger partial charge in [-0.3, -0.25) is 5.43 Å². The van der Waals surface area contributed by atoms with Gasteiger partial charge in [-0.1, -0.05) is 12.1 Å². The Kier molecular flexibility index (Phi) is 3.85. The number of halogens is 3. The summed E-state index contributed by atoms with van der Waals surface area (Å²) in [6.45, 7) is 1.72. The summed E-state index contributed by atoms with van der Waals surface area (Å²) in [5, 5.41) is 4.02. The Hall–Kier alpha value is -2.30. The van der Waals surface area contributed by atoms with E-state index in [0.29, 0.717) is 11.4 Å². The van der Waals surface area contributed by atoms with Gasteiger partial charge in [0.15, 0.2) is 11.6 Å². The molecule has 0 aliphatic rings. The molecule has 0 heterocycles. The molecule has 2 rings (SSSR count). The average Bonchev–Trinajstić information content (AvgIpc) is 2.40. The van der Waals surface area contributed by atoms with Gasteiger partial charge in [0.25, 0.3) is 0 Å². The number of nitrogens with zero attached hydrogens (tertiary/aromatic N) is 1. The third-order valence-electron chi connectivity index (χ3n) is 2.53. The first-order chi connectivity index (χ1) is 9.06. The van der Waals surface area contributed by atoms with Crippen molar-refractivity contribution in [2.24, 2.45) is 5.10 Å². The highest BCUT2D eigenvalue weighted by molar-refractivity contribution is 5.99. The van der Waals surface area contributed by atoms with Gasteiger partial charge in [0, 0.05) is 6.07 Å². The Bertz CT molecular complexity index is 607. The Morgan fingerprint density at radius 3 is 2.26 bits per heavy atom. The van der Waals surface area contributed by atoms with Gasteiger partial charge in [0.1, 0.15) is 5.82 Å². The predicted octanol–water partition coefficient (Wildman–Crippen LogP) is 3.94. The molecule has 0 saturated carbocycles. The molecule has 5 heteroatoms. The van der Waals surface area contributed by atoms with Crippen LogP contribution in [0, 0.1) is 17.5 Å². The first kappa shape index (κ1) is 13.1. The molecule has 0 amide bonds. The minimum atomic E-state index is -0.945. The monoisotopic (exact) mass is 264 g/mol. The van der Waals surface area contributed by atoms with E-state index >= 15 is 0 Å². The molecule has 0 aromatic heterocycles. The summed E-state index contributed by atoms with van der Waals surface area (Å²) in [4.78, 5) is 0. The number of nitrogens with one attached hydrogen (secondary N) is 1. The van der Waals surface area contributed by atoms with Crippen LogP contribution in [-0.2, 0) is 0 Å². The van der Waals surface area contributed by atoms with E-state index in [4.69, 9.17) is 0 Å². The zero-order valence-corrected chi connectivity index (χ0v) is 10.1. The highest BCUT2D eigenvalue weighted by Gasteiger charge is 2.02. The quantitative estimate of drug-likeness (QED) is 0.659. The van der Waals surface area contributed by atoms with Crippen LogP contribution >= 0.6 is 0 Å². The van der Waals surface area contributed by atoms with Crippen molar-refractivity contribution in [3.63, 3.8) is 0 Å².